The first kappa shape index (κ1) is 19.6. The second-order valence-electron chi connectivity index (χ2n) is 6.19. The van der Waals surface area contributed by atoms with Crippen LogP contribution in [0.2, 0.25) is 0 Å². The van der Waals surface area contributed by atoms with E-state index in [0.29, 0.717) is 22.4 Å². The first-order valence-electron chi connectivity index (χ1n) is 8.50. The number of carbonyl (C=O) groups excluding carboxylic acids is 2. The van der Waals surface area contributed by atoms with Crippen LogP contribution in [0.15, 0.2) is 41.8 Å². The normalized spacial score (nSPS) is 10.9. The Hall–Kier alpha value is -3.73. The van der Waals surface area contributed by atoms with E-state index in [1.807, 2.05) is 5.38 Å². The molecule has 0 saturated carbocycles. The van der Waals surface area contributed by atoms with Gasteiger partial charge in [0.05, 0.1) is 11.3 Å². The summed E-state index contributed by atoms with van der Waals surface area (Å²) in [6.45, 7) is 1.41. The Bertz CT molecular complexity index is 1280. The average Bonchev–Trinajstić information content (AvgIpc) is 3.26. The van der Waals surface area contributed by atoms with Crippen molar-refractivity contribution in [3.05, 3.63) is 64.8 Å². The molecular weight excluding hydrogens is 419 g/mol. The zero-order valence-corrected chi connectivity index (χ0v) is 16.1. The molecule has 2 aromatic heterocycles. The Labute approximate surface area is 171 Å². The molecule has 2 N–H and O–H groups in total. The molecule has 11 heteroatoms. The van der Waals surface area contributed by atoms with E-state index in [0.717, 1.165) is 11.6 Å². The number of halogens is 3. The molecule has 2 aromatic carbocycles. The van der Waals surface area contributed by atoms with E-state index < -0.39 is 28.9 Å². The van der Waals surface area contributed by atoms with Crippen molar-refractivity contribution in [3.8, 4) is 11.3 Å². The summed E-state index contributed by atoms with van der Waals surface area (Å²) in [7, 11) is 0. The lowest BCUT2D eigenvalue weighted by Gasteiger charge is -2.04. The summed E-state index contributed by atoms with van der Waals surface area (Å²) in [4.78, 5) is 27.9. The van der Waals surface area contributed by atoms with Crippen molar-refractivity contribution < 1.29 is 22.8 Å². The fourth-order valence-electron chi connectivity index (χ4n) is 2.73. The zero-order chi connectivity index (χ0) is 21.4. The van der Waals surface area contributed by atoms with Crippen LogP contribution in [-0.4, -0.2) is 26.4 Å². The summed E-state index contributed by atoms with van der Waals surface area (Å²) in [5, 5.41) is 10.9. The molecule has 0 aliphatic carbocycles. The van der Waals surface area contributed by atoms with Crippen molar-refractivity contribution in [3.63, 3.8) is 0 Å². The fourth-order valence-corrected chi connectivity index (χ4v) is 3.56. The first-order chi connectivity index (χ1) is 14.3. The van der Waals surface area contributed by atoms with E-state index in [2.05, 4.69) is 20.7 Å². The fraction of sp³-hybridized carbons (Fsp3) is 0.0526. The third-order valence-corrected chi connectivity index (χ3v) is 4.90. The third kappa shape index (κ3) is 3.62. The highest BCUT2D eigenvalue weighted by Crippen LogP contribution is 2.27. The van der Waals surface area contributed by atoms with Gasteiger partial charge in [-0.1, -0.05) is 12.1 Å². The Morgan fingerprint density at radius 3 is 2.43 bits per heavy atom. The predicted octanol–water partition coefficient (Wildman–Crippen LogP) is 4.09. The lowest BCUT2D eigenvalue weighted by atomic mass is 10.1. The monoisotopic (exact) mass is 431 g/mol. The second-order valence-corrected chi connectivity index (χ2v) is 7.02. The molecule has 152 valence electrons. The number of fused-ring (bicyclic) bond motifs is 1. The van der Waals surface area contributed by atoms with Crippen LogP contribution in [0.4, 0.5) is 24.8 Å². The minimum absolute atomic E-state index is 0.118. The van der Waals surface area contributed by atoms with E-state index in [1.165, 1.54) is 22.8 Å². The van der Waals surface area contributed by atoms with Crippen LogP contribution in [0.25, 0.3) is 16.2 Å². The lowest BCUT2D eigenvalue weighted by molar-refractivity contribution is -0.114. The van der Waals surface area contributed by atoms with E-state index in [1.54, 1.807) is 24.3 Å². The standard InChI is InChI=1S/C19H12F3N5O2S/c1-9(28)23-11-4-2-10(3-5-11)14-8-30-19-25-18(26-27(14)19)24-17(29)12-6-7-13(20)16(22)15(12)21/h2-8H,1H3,(H,23,28)(H,24,26,29). The van der Waals surface area contributed by atoms with E-state index >= 15 is 0 Å². The molecule has 2 amide bonds. The van der Waals surface area contributed by atoms with Crippen LogP contribution in [-0.2, 0) is 4.79 Å². The molecule has 0 bridgehead atoms. The van der Waals surface area contributed by atoms with Gasteiger partial charge in [0, 0.05) is 23.6 Å². The van der Waals surface area contributed by atoms with Gasteiger partial charge in [0.2, 0.25) is 10.9 Å². The molecule has 0 aliphatic heterocycles. The van der Waals surface area contributed by atoms with E-state index in [9.17, 15) is 22.8 Å². The van der Waals surface area contributed by atoms with Crippen LogP contribution in [0.1, 0.15) is 17.3 Å². The summed E-state index contributed by atoms with van der Waals surface area (Å²) in [6.07, 6.45) is 0. The second kappa shape index (κ2) is 7.59. The maximum absolute atomic E-state index is 13.8. The number of thiazole rings is 1. The van der Waals surface area contributed by atoms with Gasteiger partial charge in [-0.15, -0.1) is 16.4 Å². The van der Waals surface area contributed by atoms with Crippen LogP contribution in [0.3, 0.4) is 0 Å². The SMILES string of the molecule is CC(=O)Nc1ccc(-c2csc3nc(NC(=O)c4ccc(F)c(F)c4F)nn23)cc1. The van der Waals surface area contributed by atoms with E-state index in [-0.39, 0.29) is 11.9 Å². The summed E-state index contributed by atoms with van der Waals surface area (Å²) >= 11 is 1.26. The molecule has 0 unspecified atom stereocenters. The van der Waals surface area contributed by atoms with Crippen molar-refractivity contribution in [2.75, 3.05) is 10.6 Å². The summed E-state index contributed by atoms with van der Waals surface area (Å²) < 4.78 is 41.7. The molecule has 7 nitrogen and oxygen atoms in total. The Morgan fingerprint density at radius 1 is 1.00 bits per heavy atom. The van der Waals surface area contributed by atoms with Crippen LogP contribution >= 0.6 is 11.3 Å². The molecule has 0 fully saturated rings. The number of hydrogen-bond acceptors (Lipinski definition) is 5. The molecular formula is C19H12F3N5O2S. The maximum atomic E-state index is 13.8. The van der Waals surface area contributed by atoms with Crippen molar-refractivity contribution in [2.45, 2.75) is 6.92 Å². The van der Waals surface area contributed by atoms with Gasteiger partial charge in [-0.25, -0.2) is 17.7 Å². The topological polar surface area (TPSA) is 88.4 Å². The molecule has 0 saturated heterocycles. The Kier molecular flexibility index (Phi) is 4.96. The molecule has 2 heterocycles. The van der Waals surface area contributed by atoms with Gasteiger partial charge in [0.25, 0.3) is 11.9 Å². The first-order valence-corrected chi connectivity index (χ1v) is 9.38. The molecule has 0 atom stereocenters. The minimum Gasteiger partial charge on any atom is -0.326 e. The summed E-state index contributed by atoms with van der Waals surface area (Å²) in [5.41, 5.74) is 1.43. The van der Waals surface area contributed by atoms with Gasteiger partial charge >= 0.3 is 0 Å². The number of nitrogens with one attached hydrogen (secondary N) is 2. The number of rotatable bonds is 4. The number of aromatic nitrogens is 3. The zero-order valence-electron chi connectivity index (χ0n) is 15.2. The average molecular weight is 431 g/mol. The number of hydrogen-bond donors (Lipinski definition) is 2. The number of amides is 2. The number of carbonyl (C=O) groups is 2. The van der Waals surface area contributed by atoms with Gasteiger partial charge in [-0.05, 0) is 24.3 Å². The van der Waals surface area contributed by atoms with Crippen molar-refractivity contribution in [2.24, 2.45) is 0 Å². The highest BCUT2D eigenvalue weighted by atomic mass is 32.1. The molecule has 4 aromatic rings. The molecule has 30 heavy (non-hydrogen) atoms. The van der Waals surface area contributed by atoms with Gasteiger partial charge in [-0.3, -0.25) is 14.9 Å². The van der Waals surface area contributed by atoms with Gasteiger partial charge < -0.3 is 5.32 Å². The van der Waals surface area contributed by atoms with Crippen LogP contribution in [0.5, 0.6) is 0 Å². The van der Waals surface area contributed by atoms with Crippen LogP contribution in [0, 0.1) is 17.5 Å². The van der Waals surface area contributed by atoms with Crippen LogP contribution < -0.4 is 10.6 Å². The molecule has 0 radical (unpaired) electrons. The quantitative estimate of drug-likeness (QED) is 0.477. The third-order valence-electron chi connectivity index (χ3n) is 4.09. The molecule has 0 spiro atoms. The predicted molar refractivity (Wildman–Crippen MR) is 105 cm³/mol. The van der Waals surface area contributed by atoms with E-state index in [4.69, 9.17) is 0 Å². The Morgan fingerprint density at radius 2 is 1.73 bits per heavy atom. The van der Waals surface area contributed by atoms with Crippen molar-refractivity contribution in [1.29, 1.82) is 0 Å². The van der Waals surface area contributed by atoms with Gasteiger partial charge in [0.15, 0.2) is 17.5 Å². The summed E-state index contributed by atoms with van der Waals surface area (Å²) in [6, 6.07) is 8.52. The number of benzene rings is 2. The largest absolute Gasteiger partial charge is 0.326 e. The summed E-state index contributed by atoms with van der Waals surface area (Å²) in [5.74, 6) is -6.02. The maximum Gasteiger partial charge on any atom is 0.261 e. The van der Waals surface area contributed by atoms with Crippen molar-refractivity contribution in [1.82, 2.24) is 14.6 Å². The lowest BCUT2D eigenvalue weighted by Crippen LogP contribution is -2.16. The molecule has 0 aliphatic rings. The number of anilines is 2. The van der Waals surface area contributed by atoms with Gasteiger partial charge in [-0.2, -0.15) is 4.98 Å². The molecule has 4 rings (SSSR count). The van der Waals surface area contributed by atoms with Gasteiger partial charge in [0.1, 0.15) is 0 Å². The van der Waals surface area contributed by atoms with Crippen molar-refractivity contribution >= 4 is 39.7 Å². The smallest absolute Gasteiger partial charge is 0.261 e. The number of nitrogens with zero attached hydrogens (tertiary/aromatic N) is 3. The minimum atomic E-state index is -1.73. The highest BCUT2D eigenvalue weighted by molar-refractivity contribution is 7.15. The highest BCUT2D eigenvalue weighted by Gasteiger charge is 2.20. The Balaban J connectivity index is 1.59.